The molecule has 6 nitrogen and oxygen atoms in total. The molecule has 2 aliphatic rings. The van der Waals surface area contributed by atoms with Crippen molar-refractivity contribution >= 4 is 40.1 Å². The van der Waals surface area contributed by atoms with E-state index in [9.17, 15) is 13.2 Å². The number of unbranched alkanes of at least 4 members (excludes halogenated alkanes) is 1. The van der Waals surface area contributed by atoms with E-state index in [0.717, 1.165) is 63.1 Å². The van der Waals surface area contributed by atoms with Gasteiger partial charge in [0, 0.05) is 18.8 Å². The van der Waals surface area contributed by atoms with Gasteiger partial charge in [0.25, 0.3) is 0 Å². The molecule has 0 aromatic heterocycles. The van der Waals surface area contributed by atoms with Crippen molar-refractivity contribution in [2.45, 2.75) is 62.7 Å². The van der Waals surface area contributed by atoms with Crippen LogP contribution in [0, 0.1) is 0 Å². The third-order valence-electron chi connectivity index (χ3n) is 4.62. The Labute approximate surface area is 156 Å². The van der Waals surface area contributed by atoms with Gasteiger partial charge in [-0.15, -0.1) is 24.2 Å². The number of rotatable bonds is 8. The van der Waals surface area contributed by atoms with Gasteiger partial charge in [0.2, 0.25) is 15.9 Å². The highest BCUT2D eigenvalue weighted by Crippen LogP contribution is 2.23. The second kappa shape index (κ2) is 10.9. The largest absolute Gasteiger partial charge is 0.331 e. The number of halogens is 1. The summed E-state index contributed by atoms with van der Waals surface area (Å²) in [7, 11) is -3.17. The van der Waals surface area contributed by atoms with Crippen LogP contribution in [0.4, 0.5) is 0 Å². The molecule has 0 radical (unpaired) electrons. The minimum Gasteiger partial charge on any atom is -0.331 e. The van der Waals surface area contributed by atoms with E-state index in [4.69, 9.17) is 5.73 Å². The standard InChI is InChI=1S/C15H29N3O3S2.ClH/c16-14(15(19)18-10-11-22-12-18)8-4-5-9-17-23(20,21)13-6-2-1-3-7-13;/h13-14,17H,1-12,16H2;1H. The fraction of sp³-hybridized carbons (Fsp3) is 0.933. The topological polar surface area (TPSA) is 92.5 Å². The van der Waals surface area contributed by atoms with Crippen molar-refractivity contribution < 1.29 is 13.2 Å². The predicted molar refractivity (Wildman–Crippen MR) is 102 cm³/mol. The first-order valence-electron chi connectivity index (χ1n) is 8.61. The minimum absolute atomic E-state index is 0. The summed E-state index contributed by atoms with van der Waals surface area (Å²) in [5.74, 6) is 1.76. The van der Waals surface area contributed by atoms with Gasteiger partial charge in [-0.2, -0.15) is 0 Å². The summed E-state index contributed by atoms with van der Waals surface area (Å²) in [5.41, 5.74) is 5.94. The summed E-state index contributed by atoms with van der Waals surface area (Å²) in [4.78, 5) is 13.9. The molecule has 2 rings (SSSR count). The van der Waals surface area contributed by atoms with Crippen LogP contribution in [0.2, 0.25) is 0 Å². The van der Waals surface area contributed by atoms with Crippen LogP contribution in [0.15, 0.2) is 0 Å². The molecule has 1 amide bonds. The molecular weight excluding hydrogens is 370 g/mol. The average molecular weight is 400 g/mol. The molecule has 0 bridgehead atoms. The predicted octanol–water partition coefficient (Wildman–Crippen LogP) is 1.69. The summed E-state index contributed by atoms with van der Waals surface area (Å²) >= 11 is 1.75. The number of carbonyl (C=O) groups excluding carboxylic acids is 1. The lowest BCUT2D eigenvalue weighted by Crippen LogP contribution is -2.42. The molecule has 1 aliphatic carbocycles. The number of amides is 1. The molecule has 24 heavy (non-hydrogen) atoms. The Kier molecular flexibility index (Phi) is 9.96. The Morgan fingerprint density at radius 1 is 1.25 bits per heavy atom. The highest BCUT2D eigenvalue weighted by atomic mass is 35.5. The average Bonchev–Trinajstić information content (AvgIpc) is 3.09. The molecule has 1 saturated heterocycles. The van der Waals surface area contributed by atoms with Gasteiger partial charge in [-0.05, 0) is 25.7 Å². The first-order valence-corrected chi connectivity index (χ1v) is 11.3. The zero-order valence-corrected chi connectivity index (χ0v) is 16.6. The van der Waals surface area contributed by atoms with Crippen LogP contribution < -0.4 is 10.5 Å². The van der Waals surface area contributed by atoms with Crippen LogP contribution in [0.1, 0.15) is 51.4 Å². The minimum atomic E-state index is -3.17. The van der Waals surface area contributed by atoms with Gasteiger partial charge in [-0.1, -0.05) is 25.7 Å². The summed E-state index contributed by atoms with van der Waals surface area (Å²) in [6, 6.07) is -0.455. The molecule has 1 heterocycles. The van der Waals surface area contributed by atoms with Gasteiger partial charge in [0.05, 0.1) is 17.2 Å². The first kappa shape index (κ1) is 22.0. The smallest absolute Gasteiger partial charge is 0.240 e. The molecule has 0 aromatic carbocycles. The van der Waals surface area contributed by atoms with Crippen molar-refractivity contribution in [1.29, 1.82) is 0 Å². The highest BCUT2D eigenvalue weighted by Gasteiger charge is 2.27. The lowest BCUT2D eigenvalue weighted by Gasteiger charge is -2.22. The van der Waals surface area contributed by atoms with Gasteiger partial charge in [-0.3, -0.25) is 4.79 Å². The van der Waals surface area contributed by atoms with Crippen LogP contribution in [-0.2, 0) is 14.8 Å². The summed E-state index contributed by atoms with van der Waals surface area (Å²) in [6.45, 7) is 1.23. The summed E-state index contributed by atoms with van der Waals surface area (Å²) in [6.07, 6.45) is 6.83. The van der Waals surface area contributed by atoms with Gasteiger partial charge in [-0.25, -0.2) is 13.1 Å². The number of sulfonamides is 1. The third kappa shape index (κ3) is 6.71. The molecule has 142 valence electrons. The van der Waals surface area contributed by atoms with Gasteiger partial charge < -0.3 is 10.6 Å². The number of hydrogen-bond acceptors (Lipinski definition) is 5. The van der Waals surface area contributed by atoms with E-state index in [-0.39, 0.29) is 23.6 Å². The van der Waals surface area contributed by atoms with E-state index in [1.807, 2.05) is 0 Å². The Morgan fingerprint density at radius 3 is 2.58 bits per heavy atom. The number of hydrogen-bond donors (Lipinski definition) is 2. The fourth-order valence-electron chi connectivity index (χ4n) is 3.14. The maximum absolute atomic E-state index is 12.2. The van der Waals surface area contributed by atoms with Gasteiger partial charge >= 0.3 is 0 Å². The number of nitrogens with one attached hydrogen (secondary N) is 1. The molecule has 3 N–H and O–H groups in total. The molecule has 2 fully saturated rings. The second-order valence-corrected chi connectivity index (χ2v) is 9.56. The lowest BCUT2D eigenvalue weighted by atomic mass is 10.0. The Hall–Kier alpha value is -0.0200. The van der Waals surface area contributed by atoms with E-state index >= 15 is 0 Å². The lowest BCUT2D eigenvalue weighted by molar-refractivity contribution is -0.131. The normalized spacial score (nSPS) is 20.6. The van der Waals surface area contributed by atoms with Crippen molar-refractivity contribution in [3.63, 3.8) is 0 Å². The van der Waals surface area contributed by atoms with E-state index in [1.54, 1.807) is 16.7 Å². The second-order valence-electron chi connectivity index (χ2n) is 6.44. The monoisotopic (exact) mass is 399 g/mol. The van der Waals surface area contributed by atoms with Crippen LogP contribution in [0.3, 0.4) is 0 Å². The molecule has 1 saturated carbocycles. The SMILES string of the molecule is Cl.NC(CCCCNS(=O)(=O)C1CCCCC1)C(=O)N1CCSC1. The number of carbonyl (C=O) groups is 1. The molecule has 0 spiro atoms. The molecule has 0 aromatic rings. The van der Waals surface area contributed by atoms with Crippen LogP contribution in [0.5, 0.6) is 0 Å². The Balaban J connectivity index is 0.00000288. The molecule has 9 heteroatoms. The maximum atomic E-state index is 12.2. The van der Waals surface area contributed by atoms with E-state index in [0.29, 0.717) is 13.0 Å². The van der Waals surface area contributed by atoms with E-state index < -0.39 is 16.1 Å². The van der Waals surface area contributed by atoms with Crippen LogP contribution in [-0.4, -0.2) is 55.2 Å². The number of thioether (sulfide) groups is 1. The zero-order chi connectivity index (χ0) is 16.7. The highest BCUT2D eigenvalue weighted by molar-refractivity contribution is 7.99. The molecular formula is C15H30ClN3O3S2. The van der Waals surface area contributed by atoms with E-state index in [1.165, 1.54) is 0 Å². The third-order valence-corrected chi connectivity index (χ3v) is 7.54. The maximum Gasteiger partial charge on any atom is 0.240 e. The molecule has 1 unspecified atom stereocenters. The van der Waals surface area contributed by atoms with Gasteiger partial charge in [0.15, 0.2) is 0 Å². The van der Waals surface area contributed by atoms with Crippen molar-refractivity contribution in [3.05, 3.63) is 0 Å². The summed E-state index contributed by atoms with van der Waals surface area (Å²) in [5, 5.41) is -0.215. The zero-order valence-electron chi connectivity index (χ0n) is 14.1. The Bertz CT molecular complexity index is 478. The van der Waals surface area contributed by atoms with Crippen molar-refractivity contribution in [3.8, 4) is 0 Å². The van der Waals surface area contributed by atoms with Crippen LogP contribution >= 0.6 is 24.2 Å². The van der Waals surface area contributed by atoms with Crippen LogP contribution in [0.25, 0.3) is 0 Å². The fourth-order valence-corrected chi connectivity index (χ4v) is 5.72. The van der Waals surface area contributed by atoms with Gasteiger partial charge in [0.1, 0.15) is 0 Å². The van der Waals surface area contributed by atoms with Crippen molar-refractivity contribution in [1.82, 2.24) is 9.62 Å². The van der Waals surface area contributed by atoms with Crippen molar-refractivity contribution in [2.24, 2.45) is 5.73 Å². The first-order chi connectivity index (χ1) is 11.0. The summed E-state index contributed by atoms with van der Waals surface area (Å²) < 4.78 is 27.1. The Morgan fingerprint density at radius 2 is 1.96 bits per heavy atom. The molecule has 1 atom stereocenters. The molecule has 1 aliphatic heterocycles. The van der Waals surface area contributed by atoms with E-state index in [2.05, 4.69) is 4.72 Å². The van der Waals surface area contributed by atoms with Crippen molar-refractivity contribution in [2.75, 3.05) is 24.7 Å². The number of nitrogens with zero attached hydrogens (tertiary/aromatic N) is 1. The quantitative estimate of drug-likeness (QED) is 0.606. The number of nitrogens with two attached hydrogens (primary N) is 1.